The van der Waals surface area contributed by atoms with E-state index in [-0.39, 0.29) is 11.6 Å². The largest absolute Gasteiger partial charge is 0.484 e. The third-order valence-corrected chi connectivity index (χ3v) is 5.49. The van der Waals surface area contributed by atoms with Crippen LogP contribution in [0.5, 0.6) is 5.75 Å². The van der Waals surface area contributed by atoms with Crippen molar-refractivity contribution in [3.63, 3.8) is 0 Å². The summed E-state index contributed by atoms with van der Waals surface area (Å²) in [4.78, 5) is 11.5. The summed E-state index contributed by atoms with van der Waals surface area (Å²) in [7, 11) is 0. The normalized spacial score (nSPS) is 13.5. The number of nitrogens with one attached hydrogen (secondary N) is 1. The summed E-state index contributed by atoms with van der Waals surface area (Å²) in [6.07, 6.45) is -4.64. The number of halogens is 5. The predicted octanol–water partition coefficient (Wildman–Crippen LogP) is 5.80. The van der Waals surface area contributed by atoms with Gasteiger partial charge in [-0.2, -0.15) is 18.3 Å². The second kappa shape index (κ2) is 9.36. The molecule has 2 atom stereocenters. The Morgan fingerprint density at radius 2 is 1.69 bits per heavy atom. The van der Waals surface area contributed by atoms with Gasteiger partial charge in [0.25, 0.3) is 0 Å². The Labute approximate surface area is 197 Å². The first kappa shape index (κ1) is 24.2. The van der Waals surface area contributed by atoms with Gasteiger partial charge in [-0.25, -0.2) is 13.5 Å². The van der Waals surface area contributed by atoms with Crippen LogP contribution in [0.1, 0.15) is 24.2 Å². The molecule has 4 aromatic rings. The molecule has 0 aliphatic heterocycles. The van der Waals surface area contributed by atoms with Gasteiger partial charge < -0.3 is 10.1 Å². The van der Waals surface area contributed by atoms with Gasteiger partial charge in [0.05, 0.1) is 23.4 Å². The van der Waals surface area contributed by atoms with Crippen LogP contribution in [0.25, 0.3) is 16.6 Å². The number of aryl methyl sites for hydroxylation is 1. The molecule has 4 rings (SSSR count). The smallest absolute Gasteiger partial charge is 0.471 e. The van der Waals surface area contributed by atoms with Gasteiger partial charge >= 0.3 is 12.1 Å². The number of rotatable bonds is 6. The number of amides is 1. The van der Waals surface area contributed by atoms with Crippen LogP contribution in [0.2, 0.25) is 0 Å². The highest BCUT2D eigenvalue weighted by Crippen LogP contribution is 2.31. The number of ether oxygens (including phenoxy) is 1. The summed E-state index contributed by atoms with van der Waals surface area (Å²) in [5.74, 6) is -2.82. The van der Waals surface area contributed by atoms with E-state index in [1.807, 2.05) is 5.32 Å². The molecule has 10 heteroatoms. The Hall–Kier alpha value is -3.95. The van der Waals surface area contributed by atoms with Crippen LogP contribution in [0.15, 0.2) is 66.9 Å². The van der Waals surface area contributed by atoms with Crippen LogP contribution in [0.4, 0.5) is 22.0 Å². The number of carbonyl (C=O) groups is 1. The summed E-state index contributed by atoms with van der Waals surface area (Å²) in [5.41, 5.74) is 2.18. The summed E-state index contributed by atoms with van der Waals surface area (Å²) in [6, 6.07) is 13.4. The lowest BCUT2D eigenvalue weighted by Gasteiger charge is -2.28. The number of fused-ring (bicyclic) bond motifs is 1. The quantitative estimate of drug-likeness (QED) is 0.349. The van der Waals surface area contributed by atoms with E-state index in [9.17, 15) is 26.7 Å². The highest BCUT2D eigenvalue weighted by Gasteiger charge is 2.40. The van der Waals surface area contributed by atoms with Gasteiger partial charge in [0.2, 0.25) is 0 Å². The molecule has 0 saturated carbocycles. The Balaban J connectivity index is 1.68. The minimum absolute atomic E-state index is 0.276. The third kappa shape index (κ3) is 5.26. The number of hydrogen-bond donors (Lipinski definition) is 1. The third-order valence-electron chi connectivity index (χ3n) is 5.49. The molecule has 1 N–H and O–H groups in total. The molecule has 0 radical (unpaired) electrons. The average molecular weight is 489 g/mol. The number of aromatic nitrogens is 2. The fourth-order valence-corrected chi connectivity index (χ4v) is 3.74. The zero-order valence-corrected chi connectivity index (χ0v) is 18.6. The molecule has 0 saturated heterocycles. The van der Waals surface area contributed by atoms with Gasteiger partial charge in [-0.05, 0) is 74.0 Å². The zero-order valence-electron chi connectivity index (χ0n) is 18.6. The van der Waals surface area contributed by atoms with Crippen molar-refractivity contribution in [2.75, 3.05) is 0 Å². The minimum atomic E-state index is -5.08. The monoisotopic (exact) mass is 489 g/mol. The molecule has 1 aromatic heterocycles. The molecule has 0 aliphatic rings. The van der Waals surface area contributed by atoms with E-state index >= 15 is 0 Å². The number of carbonyl (C=O) groups excluding carboxylic acids is 1. The van der Waals surface area contributed by atoms with Crippen molar-refractivity contribution < 1.29 is 31.5 Å². The average Bonchev–Trinajstić information content (AvgIpc) is 3.22. The second-order valence-electron chi connectivity index (χ2n) is 8.05. The molecule has 1 amide bonds. The predicted molar refractivity (Wildman–Crippen MR) is 119 cm³/mol. The molecule has 3 aromatic carbocycles. The lowest BCUT2D eigenvalue weighted by atomic mass is 9.98. The van der Waals surface area contributed by atoms with Gasteiger partial charge in [0.1, 0.15) is 23.5 Å². The molecule has 0 spiro atoms. The van der Waals surface area contributed by atoms with Crippen molar-refractivity contribution in [3.05, 3.63) is 89.6 Å². The van der Waals surface area contributed by atoms with Crippen molar-refractivity contribution in [2.24, 2.45) is 0 Å². The number of nitrogens with zero attached hydrogens (tertiary/aromatic N) is 2. The zero-order chi connectivity index (χ0) is 25.3. The van der Waals surface area contributed by atoms with Gasteiger partial charge in [-0.1, -0.05) is 6.07 Å². The van der Waals surface area contributed by atoms with Gasteiger partial charge in [-0.15, -0.1) is 0 Å². The second-order valence-corrected chi connectivity index (χ2v) is 8.05. The van der Waals surface area contributed by atoms with Crippen molar-refractivity contribution >= 4 is 16.8 Å². The van der Waals surface area contributed by atoms with Crippen LogP contribution in [0, 0.1) is 18.6 Å². The highest BCUT2D eigenvalue weighted by atomic mass is 19.4. The van der Waals surface area contributed by atoms with Crippen molar-refractivity contribution in [2.45, 2.75) is 32.2 Å². The van der Waals surface area contributed by atoms with E-state index in [0.717, 1.165) is 0 Å². The Bertz CT molecular complexity index is 1370. The molecule has 0 bridgehead atoms. The molecule has 1 unspecified atom stereocenters. The van der Waals surface area contributed by atoms with Crippen LogP contribution in [0.3, 0.4) is 0 Å². The van der Waals surface area contributed by atoms with Crippen LogP contribution >= 0.6 is 0 Å². The summed E-state index contributed by atoms with van der Waals surface area (Å²) in [6.45, 7) is 3.02. The van der Waals surface area contributed by atoms with Crippen LogP contribution < -0.4 is 10.1 Å². The minimum Gasteiger partial charge on any atom is -0.484 e. The van der Waals surface area contributed by atoms with E-state index in [2.05, 4.69) is 5.10 Å². The van der Waals surface area contributed by atoms with Crippen molar-refractivity contribution in [3.8, 4) is 11.4 Å². The lowest BCUT2D eigenvalue weighted by Crippen LogP contribution is -2.45. The molecule has 5 nitrogen and oxygen atoms in total. The van der Waals surface area contributed by atoms with E-state index in [0.29, 0.717) is 27.7 Å². The fraction of sp³-hybridized carbons (Fsp3) is 0.200. The maximum Gasteiger partial charge on any atom is 0.471 e. The highest BCUT2D eigenvalue weighted by molar-refractivity contribution is 5.82. The molecule has 1 heterocycles. The molecule has 0 aliphatic carbocycles. The van der Waals surface area contributed by atoms with E-state index in [4.69, 9.17) is 4.74 Å². The lowest BCUT2D eigenvalue weighted by molar-refractivity contribution is -0.174. The molecule has 35 heavy (non-hydrogen) atoms. The van der Waals surface area contributed by atoms with Crippen LogP contribution in [-0.2, 0) is 4.79 Å². The Kier molecular flexibility index (Phi) is 6.47. The summed E-state index contributed by atoms with van der Waals surface area (Å²) in [5, 5.41) is 6.85. The van der Waals surface area contributed by atoms with E-state index in [1.165, 1.54) is 37.3 Å². The maximum atomic E-state index is 14.0. The number of hydrogen-bond acceptors (Lipinski definition) is 3. The van der Waals surface area contributed by atoms with Crippen molar-refractivity contribution in [1.29, 1.82) is 0 Å². The Morgan fingerprint density at radius 3 is 2.37 bits per heavy atom. The molecule has 0 fully saturated rings. The Morgan fingerprint density at radius 1 is 1.00 bits per heavy atom. The standard InChI is InChI=1S/C25H20F5N3O2/c1-14-3-4-18(27)12-21(14)23(15(2)32-24(34)25(28,29)30)35-20-9-10-22-16(11-20)13-31-33(22)19-7-5-17(26)6-8-19/h3-13,15,23H,1-2H3,(H,32,34)/t15?,23-/m0/s1. The van der Waals surface area contributed by atoms with Gasteiger partial charge in [0.15, 0.2) is 0 Å². The van der Waals surface area contributed by atoms with Crippen molar-refractivity contribution in [1.82, 2.24) is 15.1 Å². The molecular weight excluding hydrogens is 469 g/mol. The van der Waals surface area contributed by atoms with E-state index < -0.39 is 30.0 Å². The van der Waals surface area contributed by atoms with E-state index in [1.54, 1.807) is 48.1 Å². The summed E-state index contributed by atoms with van der Waals surface area (Å²) >= 11 is 0. The van der Waals surface area contributed by atoms with Gasteiger partial charge in [0, 0.05) is 10.9 Å². The first-order chi connectivity index (χ1) is 16.5. The van der Waals surface area contributed by atoms with Gasteiger partial charge in [-0.3, -0.25) is 4.79 Å². The number of benzene rings is 3. The number of alkyl halides is 3. The summed E-state index contributed by atoms with van der Waals surface area (Å²) < 4.78 is 73.4. The maximum absolute atomic E-state index is 14.0. The first-order valence-electron chi connectivity index (χ1n) is 10.6. The SMILES string of the molecule is Cc1ccc(F)cc1[C@@H](Oc1ccc2c(cnn2-c2ccc(F)cc2)c1)C(C)NC(=O)C(F)(F)F. The topological polar surface area (TPSA) is 56.1 Å². The molecular formula is C25H20F5N3O2. The first-order valence-corrected chi connectivity index (χ1v) is 10.6. The van der Waals surface area contributed by atoms with Crippen LogP contribution in [-0.4, -0.2) is 27.9 Å². The fourth-order valence-electron chi connectivity index (χ4n) is 3.74. The molecule has 182 valence electrons.